The van der Waals surface area contributed by atoms with Crippen LogP contribution in [0.15, 0.2) is 53.9 Å². The van der Waals surface area contributed by atoms with Crippen molar-refractivity contribution in [1.82, 2.24) is 4.98 Å². The zero-order valence-corrected chi connectivity index (χ0v) is 15.8. The maximum absolute atomic E-state index is 12.1. The number of nitrogens with one attached hydrogen (secondary N) is 1. The number of para-hydroxylation sites is 1. The molecule has 1 heterocycles. The molecule has 0 fully saturated rings. The van der Waals surface area contributed by atoms with Crippen LogP contribution in [0.2, 0.25) is 0 Å². The summed E-state index contributed by atoms with van der Waals surface area (Å²) in [6.07, 6.45) is 1.07. The first kappa shape index (κ1) is 18.1. The normalized spacial score (nSPS) is 10.5. The third-order valence-corrected chi connectivity index (χ3v) is 4.87. The van der Waals surface area contributed by atoms with E-state index < -0.39 is 0 Å². The number of anilines is 1. The molecule has 1 N–H and O–H groups in total. The summed E-state index contributed by atoms with van der Waals surface area (Å²) in [5, 5.41) is 5.47. The smallest absolute Gasteiger partial charge is 0.226 e. The molecule has 0 saturated heterocycles. The predicted molar refractivity (Wildman–Crippen MR) is 107 cm³/mol. The summed E-state index contributed by atoms with van der Waals surface area (Å²) < 4.78 is 5.60. The maximum atomic E-state index is 12.1. The Balaban J connectivity index is 1.47. The Morgan fingerprint density at radius 2 is 1.92 bits per heavy atom. The van der Waals surface area contributed by atoms with Crippen molar-refractivity contribution in [3.05, 3.63) is 65.0 Å². The van der Waals surface area contributed by atoms with Crippen molar-refractivity contribution in [3.63, 3.8) is 0 Å². The molecule has 3 aromatic rings. The second-order valence-corrected chi connectivity index (χ2v) is 7.01. The van der Waals surface area contributed by atoms with E-state index in [9.17, 15) is 4.79 Å². The highest BCUT2D eigenvalue weighted by Gasteiger charge is 2.09. The van der Waals surface area contributed by atoms with E-state index in [2.05, 4.69) is 42.3 Å². The Morgan fingerprint density at radius 1 is 1.12 bits per heavy atom. The molecule has 0 atom stereocenters. The largest absolute Gasteiger partial charge is 0.494 e. The lowest BCUT2D eigenvalue weighted by molar-refractivity contribution is -0.116. The van der Waals surface area contributed by atoms with Gasteiger partial charge in [0.05, 0.1) is 12.3 Å². The fraction of sp³-hybridized carbons (Fsp3) is 0.238. The molecule has 0 unspecified atom stereocenters. The van der Waals surface area contributed by atoms with E-state index in [0.717, 1.165) is 17.0 Å². The lowest BCUT2D eigenvalue weighted by Crippen LogP contribution is -2.12. The number of hydrogen-bond acceptors (Lipinski definition) is 4. The molecule has 5 heteroatoms. The van der Waals surface area contributed by atoms with Gasteiger partial charge in [-0.25, -0.2) is 4.98 Å². The molecule has 3 rings (SSSR count). The number of benzene rings is 2. The molecular formula is C21H22N2O2S. The van der Waals surface area contributed by atoms with E-state index in [0.29, 0.717) is 24.6 Å². The van der Waals surface area contributed by atoms with Gasteiger partial charge in [0.15, 0.2) is 5.13 Å². The average Bonchev–Trinajstić information content (AvgIpc) is 3.10. The Hall–Kier alpha value is -2.66. The van der Waals surface area contributed by atoms with Gasteiger partial charge in [0.25, 0.3) is 0 Å². The third-order valence-electron chi connectivity index (χ3n) is 4.11. The van der Waals surface area contributed by atoms with E-state index in [4.69, 9.17) is 4.74 Å². The van der Waals surface area contributed by atoms with Gasteiger partial charge in [-0.15, -0.1) is 11.3 Å². The van der Waals surface area contributed by atoms with Crippen LogP contribution in [-0.2, 0) is 4.79 Å². The van der Waals surface area contributed by atoms with Gasteiger partial charge in [0, 0.05) is 17.4 Å². The summed E-state index contributed by atoms with van der Waals surface area (Å²) in [6.45, 7) is 4.70. The van der Waals surface area contributed by atoms with Gasteiger partial charge >= 0.3 is 0 Å². The van der Waals surface area contributed by atoms with Crippen LogP contribution in [0.5, 0.6) is 5.75 Å². The lowest BCUT2D eigenvalue weighted by atomic mass is 10.1. The zero-order valence-electron chi connectivity index (χ0n) is 15.0. The van der Waals surface area contributed by atoms with E-state index in [1.807, 2.05) is 35.7 Å². The van der Waals surface area contributed by atoms with Gasteiger partial charge in [-0.1, -0.05) is 30.3 Å². The van der Waals surface area contributed by atoms with Crippen molar-refractivity contribution >= 4 is 22.4 Å². The average molecular weight is 366 g/mol. The minimum atomic E-state index is -0.0392. The van der Waals surface area contributed by atoms with Crippen LogP contribution in [0.25, 0.3) is 11.3 Å². The summed E-state index contributed by atoms with van der Waals surface area (Å²) in [6, 6.07) is 15.9. The van der Waals surface area contributed by atoms with Crippen LogP contribution in [0.1, 0.15) is 24.0 Å². The molecule has 0 radical (unpaired) electrons. The van der Waals surface area contributed by atoms with Crippen molar-refractivity contribution in [2.75, 3.05) is 11.9 Å². The van der Waals surface area contributed by atoms with Crippen molar-refractivity contribution in [2.45, 2.75) is 26.7 Å². The monoisotopic (exact) mass is 366 g/mol. The minimum Gasteiger partial charge on any atom is -0.494 e. The van der Waals surface area contributed by atoms with Crippen LogP contribution >= 0.6 is 11.3 Å². The minimum absolute atomic E-state index is 0.0392. The first-order valence-electron chi connectivity index (χ1n) is 8.62. The number of thiazole rings is 1. The van der Waals surface area contributed by atoms with Gasteiger partial charge in [-0.2, -0.15) is 0 Å². The van der Waals surface area contributed by atoms with Crippen LogP contribution in [0.3, 0.4) is 0 Å². The second kappa shape index (κ2) is 8.63. The molecule has 0 bridgehead atoms. The number of rotatable bonds is 7. The summed E-state index contributed by atoms with van der Waals surface area (Å²) in [5.41, 5.74) is 4.46. The van der Waals surface area contributed by atoms with Gasteiger partial charge in [0.1, 0.15) is 5.75 Å². The highest BCUT2D eigenvalue weighted by atomic mass is 32.1. The molecule has 1 aromatic heterocycles. The summed E-state index contributed by atoms with van der Waals surface area (Å²) >= 11 is 1.44. The fourth-order valence-electron chi connectivity index (χ4n) is 2.49. The quantitative estimate of drug-likeness (QED) is 0.583. The molecule has 0 aliphatic heterocycles. The Bertz CT molecular complexity index is 875. The summed E-state index contributed by atoms with van der Waals surface area (Å²) in [5.74, 6) is 0.786. The number of aromatic nitrogens is 1. The second-order valence-electron chi connectivity index (χ2n) is 6.15. The molecule has 1 amide bonds. The van der Waals surface area contributed by atoms with Crippen molar-refractivity contribution in [2.24, 2.45) is 0 Å². The molecule has 2 aromatic carbocycles. The van der Waals surface area contributed by atoms with Crippen LogP contribution in [-0.4, -0.2) is 17.5 Å². The number of hydrogen-bond donors (Lipinski definition) is 1. The SMILES string of the molecule is Cc1ccc(-c2csc(NC(=O)CCCOc3ccccc3)n2)cc1C. The van der Waals surface area contributed by atoms with Crippen molar-refractivity contribution < 1.29 is 9.53 Å². The Labute approximate surface area is 157 Å². The van der Waals surface area contributed by atoms with Crippen molar-refractivity contribution in [3.8, 4) is 17.0 Å². The van der Waals surface area contributed by atoms with Gasteiger partial charge in [-0.3, -0.25) is 4.79 Å². The molecule has 134 valence electrons. The number of carbonyl (C=O) groups excluding carboxylic acids is 1. The van der Waals surface area contributed by atoms with Gasteiger partial charge in [-0.05, 0) is 49.6 Å². The van der Waals surface area contributed by atoms with E-state index >= 15 is 0 Å². The van der Waals surface area contributed by atoms with E-state index in [1.54, 1.807) is 0 Å². The predicted octanol–water partition coefficient (Wildman–Crippen LogP) is 5.22. The highest BCUT2D eigenvalue weighted by molar-refractivity contribution is 7.14. The van der Waals surface area contributed by atoms with Crippen LogP contribution in [0, 0.1) is 13.8 Å². The molecule has 26 heavy (non-hydrogen) atoms. The number of aryl methyl sites for hydroxylation is 2. The van der Waals surface area contributed by atoms with E-state index in [-0.39, 0.29) is 5.91 Å². The fourth-order valence-corrected chi connectivity index (χ4v) is 3.22. The highest BCUT2D eigenvalue weighted by Crippen LogP contribution is 2.26. The zero-order chi connectivity index (χ0) is 18.4. The summed E-state index contributed by atoms with van der Waals surface area (Å²) in [4.78, 5) is 16.6. The number of amides is 1. The molecule has 0 aliphatic rings. The Kier molecular flexibility index (Phi) is 6.02. The molecule has 0 aliphatic carbocycles. The first-order valence-corrected chi connectivity index (χ1v) is 9.50. The van der Waals surface area contributed by atoms with Gasteiger partial charge in [0.2, 0.25) is 5.91 Å². The number of carbonyl (C=O) groups is 1. The topological polar surface area (TPSA) is 51.2 Å². The van der Waals surface area contributed by atoms with Crippen molar-refractivity contribution in [1.29, 1.82) is 0 Å². The molecular weight excluding hydrogens is 344 g/mol. The number of nitrogens with zero attached hydrogens (tertiary/aromatic N) is 1. The van der Waals surface area contributed by atoms with Gasteiger partial charge < -0.3 is 10.1 Å². The molecule has 0 spiro atoms. The molecule has 0 saturated carbocycles. The Morgan fingerprint density at radius 3 is 2.69 bits per heavy atom. The standard InChI is InChI=1S/C21H22N2O2S/c1-15-10-11-17(13-16(15)2)19-14-26-21(22-19)23-20(24)9-6-12-25-18-7-4-3-5-8-18/h3-5,7-8,10-11,13-14H,6,9,12H2,1-2H3,(H,22,23,24). The molecule has 4 nitrogen and oxygen atoms in total. The lowest BCUT2D eigenvalue weighted by Gasteiger charge is -2.05. The van der Waals surface area contributed by atoms with Crippen LogP contribution < -0.4 is 10.1 Å². The van der Waals surface area contributed by atoms with Crippen LogP contribution in [0.4, 0.5) is 5.13 Å². The maximum Gasteiger partial charge on any atom is 0.226 e. The summed E-state index contributed by atoms with van der Waals surface area (Å²) in [7, 11) is 0. The first-order chi connectivity index (χ1) is 12.6. The number of ether oxygens (including phenoxy) is 1. The van der Waals surface area contributed by atoms with E-state index in [1.165, 1.54) is 22.5 Å². The third kappa shape index (κ3) is 4.92.